The average Bonchev–Trinajstić information content (AvgIpc) is 3.41. The van der Waals surface area contributed by atoms with E-state index in [-0.39, 0.29) is 29.8 Å². The number of aliphatic hydroxyl groups is 2. The maximum atomic E-state index is 15.1. The fourth-order valence-corrected chi connectivity index (χ4v) is 12.5. The minimum Gasteiger partial charge on any atom is -0.450 e. The monoisotopic (exact) mass is 743 g/mol. The van der Waals surface area contributed by atoms with Crippen molar-refractivity contribution in [3.05, 3.63) is 107 Å². The first-order valence-electron chi connectivity index (χ1n) is 21.3. The minimum absolute atomic E-state index is 0.0404. The molecule has 1 amide bonds. The Morgan fingerprint density at radius 1 is 0.855 bits per heavy atom. The van der Waals surface area contributed by atoms with Crippen molar-refractivity contribution in [2.75, 3.05) is 19.7 Å². The predicted molar refractivity (Wildman–Crippen MR) is 218 cm³/mol. The van der Waals surface area contributed by atoms with E-state index in [0.29, 0.717) is 56.4 Å². The predicted octanol–water partition coefficient (Wildman–Crippen LogP) is 10.3. The van der Waals surface area contributed by atoms with Crippen LogP contribution in [0.3, 0.4) is 0 Å². The highest BCUT2D eigenvalue weighted by molar-refractivity contribution is 6.13. The summed E-state index contributed by atoms with van der Waals surface area (Å²) < 4.78 is 5.77. The number of ketones is 1. The number of benzene rings is 3. The van der Waals surface area contributed by atoms with E-state index in [2.05, 4.69) is 32.1 Å². The van der Waals surface area contributed by atoms with Crippen molar-refractivity contribution in [2.45, 2.75) is 122 Å². The highest BCUT2D eigenvalue weighted by Gasteiger charge is 2.59. The number of hydrogen-bond acceptors (Lipinski definition) is 5. The molecule has 6 heteroatoms. The first-order chi connectivity index (χ1) is 26.5. The van der Waals surface area contributed by atoms with Crippen molar-refractivity contribution in [3.63, 3.8) is 0 Å². The van der Waals surface area contributed by atoms with Gasteiger partial charge in [-0.25, -0.2) is 4.79 Å². The number of fused-ring (bicyclic) bond motifs is 8. The second-order valence-electron chi connectivity index (χ2n) is 18.7. The molecule has 5 saturated carbocycles. The molecule has 0 spiro atoms. The normalized spacial score (nSPS) is 32.7. The molecule has 0 heterocycles. The van der Waals surface area contributed by atoms with Gasteiger partial charge in [-0.3, -0.25) is 4.79 Å². The van der Waals surface area contributed by atoms with Crippen LogP contribution in [0, 0.1) is 28.6 Å². The number of amides is 1. The van der Waals surface area contributed by atoms with E-state index < -0.39 is 17.1 Å². The Bertz CT molecular complexity index is 1880. The first-order valence-corrected chi connectivity index (χ1v) is 21.3. The van der Waals surface area contributed by atoms with E-state index in [9.17, 15) is 15.0 Å². The smallest absolute Gasteiger partial charge is 0.409 e. The fraction of sp³-hybridized carbons (Fsp3) is 0.551. The van der Waals surface area contributed by atoms with Crippen LogP contribution in [0.15, 0.2) is 84.4 Å². The molecule has 292 valence electrons. The van der Waals surface area contributed by atoms with Crippen LogP contribution >= 0.6 is 0 Å². The Labute approximate surface area is 328 Å². The largest absolute Gasteiger partial charge is 0.450 e. The summed E-state index contributed by atoms with van der Waals surface area (Å²) in [5.74, 6) is 2.11. The summed E-state index contributed by atoms with van der Waals surface area (Å²) in [6, 6.07) is 24.1. The first kappa shape index (κ1) is 38.1. The molecule has 55 heavy (non-hydrogen) atoms. The third kappa shape index (κ3) is 7.46. The SMILES string of the molecule is CCOC(=O)N(CC12CC3CC(CC(C3)C1)C2)C[C@]1(O)CC[C@H]2c3ccc(cc3C(=O)c3ccccc3-c3ccccc3)C[C@@H](O)CCC(C)=CCC[C@@]21C. The fourth-order valence-electron chi connectivity index (χ4n) is 12.5. The third-order valence-electron chi connectivity index (χ3n) is 14.8. The van der Waals surface area contributed by atoms with Crippen LogP contribution in [-0.4, -0.2) is 58.4 Å². The van der Waals surface area contributed by atoms with Crippen molar-refractivity contribution in [1.82, 2.24) is 4.90 Å². The van der Waals surface area contributed by atoms with Crippen molar-refractivity contribution in [3.8, 4) is 11.1 Å². The molecule has 0 radical (unpaired) electrons. The molecule has 3 aromatic rings. The number of aliphatic hydroxyl groups excluding tert-OH is 1. The van der Waals surface area contributed by atoms with Crippen LogP contribution < -0.4 is 0 Å². The maximum absolute atomic E-state index is 15.1. The molecule has 6 bridgehead atoms. The molecule has 0 saturated heterocycles. The van der Waals surface area contributed by atoms with Crippen LogP contribution in [0.25, 0.3) is 11.1 Å². The molecule has 5 fully saturated rings. The van der Waals surface area contributed by atoms with Gasteiger partial charge < -0.3 is 19.8 Å². The molecule has 6 nitrogen and oxygen atoms in total. The number of carbonyl (C=O) groups is 2. The van der Waals surface area contributed by atoms with Gasteiger partial charge in [0.1, 0.15) is 0 Å². The number of nitrogens with zero attached hydrogens (tertiary/aromatic N) is 1. The van der Waals surface area contributed by atoms with Gasteiger partial charge in [-0.1, -0.05) is 85.3 Å². The molecule has 2 N–H and O–H groups in total. The summed E-state index contributed by atoms with van der Waals surface area (Å²) >= 11 is 0. The van der Waals surface area contributed by atoms with Gasteiger partial charge in [0, 0.05) is 23.1 Å². The Balaban J connectivity index is 1.19. The van der Waals surface area contributed by atoms with E-state index in [4.69, 9.17) is 4.74 Å². The summed E-state index contributed by atoms with van der Waals surface area (Å²) in [6.07, 6.45) is 13.6. The molecule has 7 aliphatic rings. The highest BCUT2D eigenvalue weighted by Crippen LogP contribution is 2.62. The van der Waals surface area contributed by atoms with E-state index in [1.807, 2.05) is 72.5 Å². The van der Waals surface area contributed by atoms with Gasteiger partial charge in [-0.2, -0.15) is 0 Å². The Kier molecular flexibility index (Phi) is 10.6. The molecule has 10 rings (SSSR count). The Morgan fingerprint density at radius 2 is 1.55 bits per heavy atom. The second-order valence-corrected chi connectivity index (χ2v) is 18.7. The molecule has 7 aliphatic carbocycles. The van der Waals surface area contributed by atoms with Crippen LogP contribution in [-0.2, 0) is 11.2 Å². The van der Waals surface area contributed by atoms with Crippen molar-refractivity contribution in [2.24, 2.45) is 28.6 Å². The van der Waals surface area contributed by atoms with Crippen LogP contribution in [0.4, 0.5) is 4.79 Å². The van der Waals surface area contributed by atoms with Crippen molar-refractivity contribution < 1.29 is 24.5 Å². The van der Waals surface area contributed by atoms with Crippen LogP contribution in [0.1, 0.15) is 131 Å². The minimum atomic E-state index is -1.19. The maximum Gasteiger partial charge on any atom is 0.409 e. The van der Waals surface area contributed by atoms with E-state index in [0.717, 1.165) is 52.8 Å². The van der Waals surface area contributed by atoms with E-state index in [1.165, 1.54) is 44.1 Å². The number of allylic oxidation sites excluding steroid dienone is 2. The highest BCUT2D eigenvalue weighted by atomic mass is 16.6. The third-order valence-corrected chi connectivity index (χ3v) is 14.8. The van der Waals surface area contributed by atoms with E-state index in [1.54, 1.807) is 0 Å². The average molecular weight is 744 g/mol. The molecule has 4 atom stereocenters. The zero-order valence-electron chi connectivity index (χ0n) is 33.3. The second kappa shape index (κ2) is 15.3. The summed E-state index contributed by atoms with van der Waals surface area (Å²) in [4.78, 5) is 30.9. The summed E-state index contributed by atoms with van der Waals surface area (Å²) in [6.45, 7) is 7.41. The molecule has 0 aliphatic heterocycles. The molecule has 0 aromatic heterocycles. The van der Waals surface area contributed by atoms with Gasteiger partial charge in [0.05, 0.1) is 24.9 Å². The topological polar surface area (TPSA) is 87.1 Å². The molecular formula is C49H61NO5. The lowest BCUT2D eigenvalue weighted by atomic mass is 9.49. The van der Waals surface area contributed by atoms with Gasteiger partial charge >= 0.3 is 6.09 Å². The van der Waals surface area contributed by atoms with Gasteiger partial charge in [-0.15, -0.1) is 0 Å². The lowest BCUT2D eigenvalue weighted by Gasteiger charge is -2.58. The Morgan fingerprint density at radius 3 is 2.25 bits per heavy atom. The summed E-state index contributed by atoms with van der Waals surface area (Å²) in [7, 11) is 0. The number of hydrogen-bond donors (Lipinski definition) is 2. The standard InChI is InChI=1S/C49H61NO5/c1-4-55-46(53)50(31-48-28-35-23-36(29-48)25-37(24-35)30-48)32-49(54)22-20-44-41-19-17-34(26-39(51)18-16-33(2)11-10-21-47(44,49)3)27-43(41)45(52)42-15-9-8-14-40(42)38-12-6-5-7-13-38/h5-9,11-15,17,19,27,35-37,39,44,51,54H,4,10,16,18,20-26,28-32H2,1-3H3/t35?,36?,37?,39-,44-,47-,48?,49+/m0/s1. The summed E-state index contributed by atoms with van der Waals surface area (Å²) in [5, 5.41) is 24.4. The zero-order chi connectivity index (χ0) is 38.4. The van der Waals surface area contributed by atoms with Gasteiger partial charge in [0.15, 0.2) is 5.78 Å². The number of carbonyl (C=O) groups excluding carboxylic acids is 2. The van der Waals surface area contributed by atoms with Gasteiger partial charge in [0.25, 0.3) is 0 Å². The van der Waals surface area contributed by atoms with Crippen LogP contribution in [0.2, 0.25) is 0 Å². The van der Waals surface area contributed by atoms with E-state index >= 15 is 4.79 Å². The quantitative estimate of drug-likeness (QED) is 0.177. The molecule has 3 aromatic carbocycles. The van der Waals surface area contributed by atoms with Gasteiger partial charge in [0.2, 0.25) is 0 Å². The lowest BCUT2D eigenvalue weighted by Crippen LogP contribution is -2.58. The van der Waals surface area contributed by atoms with Crippen molar-refractivity contribution >= 4 is 11.9 Å². The Hall–Kier alpha value is -3.74. The van der Waals surface area contributed by atoms with Crippen molar-refractivity contribution in [1.29, 1.82) is 0 Å². The number of rotatable bonds is 8. The number of ether oxygens (including phenoxy) is 1. The van der Waals surface area contributed by atoms with Gasteiger partial charge in [-0.05, 0) is 155 Å². The summed E-state index contributed by atoms with van der Waals surface area (Å²) in [5.41, 5.74) is 4.57. The lowest BCUT2D eigenvalue weighted by molar-refractivity contribution is -0.103. The molecule has 0 unspecified atom stereocenters. The van der Waals surface area contributed by atoms with Crippen LogP contribution in [0.5, 0.6) is 0 Å². The zero-order valence-corrected chi connectivity index (χ0v) is 33.3. The molecular weight excluding hydrogens is 683 g/mol.